The van der Waals surface area contributed by atoms with Gasteiger partial charge in [-0.1, -0.05) is 23.7 Å². The molecule has 0 fully saturated rings. The average Bonchev–Trinajstić information content (AvgIpc) is 3.74. The molecule has 5 N–H and O–H groups in total. The molecule has 4 aromatic rings. The van der Waals surface area contributed by atoms with E-state index in [1.54, 1.807) is 12.4 Å². The molecule has 260 valence electrons. The maximum absolute atomic E-state index is 12.1. The third kappa shape index (κ3) is 11.6. The highest BCUT2D eigenvalue weighted by Crippen LogP contribution is 2.32. The minimum atomic E-state index is -0.224. The first kappa shape index (κ1) is 37.4. The molecule has 0 unspecified atom stereocenters. The first-order chi connectivity index (χ1) is 23.2. The number of amides is 2. The average molecular weight is 685 g/mol. The maximum Gasteiger partial charge on any atom is 0.239 e. The molecule has 0 bridgehead atoms. The van der Waals surface area contributed by atoms with Crippen LogP contribution in [-0.2, 0) is 35.3 Å². The topological polar surface area (TPSA) is 148 Å². The summed E-state index contributed by atoms with van der Waals surface area (Å²) in [6.45, 7) is 12.0. The van der Waals surface area contributed by atoms with E-state index in [2.05, 4.69) is 30.9 Å². The van der Waals surface area contributed by atoms with Crippen LogP contribution in [0.3, 0.4) is 0 Å². The van der Waals surface area contributed by atoms with Crippen molar-refractivity contribution in [2.75, 3.05) is 18.4 Å². The zero-order valence-corrected chi connectivity index (χ0v) is 30.2. The van der Waals surface area contributed by atoms with Crippen LogP contribution in [0.1, 0.15) is 76.9 Å². The Morgan fingerprint density at radius 3 is 1.71 bits per heavy atom. The lowest BCUT2D eigenvalue weighted by atomic mass is 10.1. The van der Waals surface area contributed by atoms with Crippen molar-refractivity contribution in [2.24, 2.45) is 5.73 Å². The van der Waals surface area contributed by atoms with Crippen LogP contribution >= 0.6 is 11.6 Å². The summed E-state index contributed by atoms with van der Waals surface area (Å²) in [5.41, 5.74) is 13.9. The lowest BCUT2D eigenvalue weighted by Gasteiger charge is -2.21. The van der Waals surface area contributed by atoms with E-state index >= 15 is 0 Å². The number of halogens is 1. The highest BCUT2D eigenvalue weighted by Gasteiger charge is 2.21. The largest absolute Gasteiger partial charge is 0.376 e. The summed E-state index contributed by atoms with van der Waals surface area (Å²) >= 11 is 6.26. The zero-order valence-electron chi connectivity index (χ0n) is 29.5. The van der Waals surface area contributed by atoms with Crippen LogP contribution < -0.4 is 21.7 Å². The number of aromatic nitrogens is 4. The fraction of sp³-hybridized carbons (Fsp3) is 0.421. The summed E-state index contributed by atoms with van der Waals surface area (Å²) in [4.78, 5) is 40.8. The Bertz CT molecular complexity index is 1720. The van der Waals surface area contributed by atoms with E-state index in [9.17, 15) is 9.59 Å². The van der Waals surface area contributed by atoms with Crippen molar-refractivity contribution < 1.29 is 9.59 Å². The van der Waals surface area contributed by atoms with Gasteiger partial charge in [-0.2, -0.15) is 0 Å². The van der Waals surface area contributed by atoms with E-state index in [-0.39, 0.29) is 36.0 Å². The van der Waals surface area contributed by atoms with Crippen LogP contribution in [0.4, 0.5) is 5.69 Å². The SMILES string of the molecule is CC(C)(C)NC(=O)CN.CC(C)(C)NC(=O)CNc1cc(-c2ccccn2)nc2c1CCC2.Clc1cc(-c2ccccn2)nc2c1CCC2. The molecular weight excluding hydrogens is 636 g/mol. The Morgan fingerprint density at radius 1 is 0.714 bits per heavy atom. The normalized spacial score (nSPS) is 13.1. The van der Waals surface area contributed by atoms with Crippen LogP contribution in [0.5, 0.6) is 0 Å². The van der Waals surface area contributed by atoms with E-state index < -0.39 is 0 Å². The zero-order chi connectivity index (χ0) is 35.6. The Morgan fingerprint density at radius 2 is 1.22 bits per heavy atom. The third-order valence-corrected chi connectivity index (χ3v) is 7.89. The Labute approximate surface area is 295 Å². The van der Waals surface area contributed by atoms with Gasteiger partial charge < -0.3 is 21.7 Å². The van der Waals surface area contributed by atoms with Gasteiger partial charge in [-0.15, -0.1) is 0 Å². The van der Waals surface area contributed by atoms with E-state index in [0.717, 1.165) is 83.4 Å². The van der Waals surface area contributed by atoms with Gasteiger partial charge in [-0.05, 0) is 128 Å². The molecule has 0 aromatic carbocycles. The molecule has 6 rings (SSSR count). The number of nitrogens with two attached hydrogens (primary N) is 1. The van der Waals surface area contributed by atoms with Gasteiger partial charge >= 0.3 is 0 Å². The molecule has 49 heavy (non-hydrogen) atoms. The molecule has 0 atom stereocenters. The quantitative estimate of drug-likeness (QED) is 0.190. The Balaban J connectivity index is 0.000000186. The molecule has 0 radical (unpaired) electrons. The number of pyridine rings is 4. The number of nitrogens with zero attached hydrogens (tertiary/aromatic N) is 4. The number of hydrogen-bond acceptors (Lipinski definition) is 8. The lowest BCUT2D eigenvalue weighted by molar-refractivity contribution is -0.121. The highest BCUT2D eigenvalue weighted by molar-refractivity contribution is 6.31. The number of carbonyl (C=O) groups excluding carboxylic acids is 2. The number of hydrogen-bond donors (Lipinski definition) is 4. The summed E-state index contributed by atoms with van der Waals surface area (Å²) in [5, 5.41) is 9.81. The molecule has 4 aromatic heterocycles. The Kier molecular flexibility index (Phi) is 12.8. The van der Waals surface area contributed by atoms with E-state index in [1.807, 2.05) is 90.1 Å². The van der Waals surface area contributed by atoms with Gasteiger partial charge in [0.25, 0.3) is 0 Å². The molecule has 0 spiro atoms. The van der Waals surface area contributed by atoms with Crippen molar-refractivity contribution >= 4 is 29.1 Å². The summed E-state index contributed by atoms with van der Waals surface area (Å²) in [6.07, 6.45) is 9.91. The number of nitrogens with one attached hydrogen (secondary N) is 3. The molecule has 2 aliphatic rings. The molecule has 0 saturated carbocycles. The van der Waals surface area contributed by atoms with E-state index in [4.69, 9.17) is 22.3 Å². The molecule has 2 aliphatic carbocycles. The fourth-order valence-corrected chi connectivity index (χ4v) is 5.90. The minimum Gasteiger partial charge on any atom is -0.376 e. The summed E-state index contributed by atoms with van der Waals surface area (Å²) in [5.74, 6) is -0.118. The minimum absolute atomic E-state index is 0.00885. The van der Waals surface area contributed by atoms with Gasteiger partial charge in [0.1, 0.15) is 0 Å². The number of carbonyl (C=O) groups is 2. The summed E-state index contributed by atoms with van der Waals surface area (Å²) < 4.78 is 0. The summed E-state index contributed by atoms with van der Waals surface area (Å²) in [7, 11) is 0. The van der Waals surface area contributed by atoms with Gasteiger partial charge in [-0.3, -0.25) is 29.5 Å². The standard InChI is InChI=1S/C19H24N4O.C13H11ClN2.C6H14N2O/c1-19(2,3)23-18(24)12-21-16-11-17(15-8-4-5-10-20-15)22-14-9-6-7-13(14)16;14-10-8-13(12-5-1-2-7-15-12)16-11-6-3-4-9(10)11;1-6(2,3)8-5(9)4-7/h4-5,8,10-11H,6-7,9,12H2,1-3H3,(H,21,22)(H,23,24);1-2,5,7-8H,3-4,6H2;4,7H2,1-3H3,(H,8,9). The number of aryl methyl sites for hydroxylation is 2. The Hall–Kier alpha value is -4.41. The number of rotatable bonds is 6. The smallest absolute Gasteiger partial charge is 0.239 e. The molecule has 0 aliphatic heterocycles. The van der Waals surface area contributed by atoms with Crippen molar-refractivity contribution in [3.8, 4) is 22.8 Å². The van der Waals surface area contributed by atoms with Crippen molar-refractivity contribution in [3.05, 3.63) is 88.5 Å². The number of fused-ring (bicyclic) bond motifs is 2. The molecule has 11 heteroatoms. The lowest BCUT2D eigenvalue weighted by Crippen LogP contribution is -2.43. The van der Waals surface area contributed by atoms with Crippen LogP contribution in [0.15, 0.2) is 60.9 Å². The monoisotopic (exact) mass is 684 g/mol. The third-order valence-electron chi connectivity index (χ3n) is 7.55. The molecule has 10 nitrogen and oxygen atoms in total. The van der Waals surface area contributed by atoms with Crippen molar-refractivity contribution in [1.82, 2.24) is 30.6 Å². The fourth-order valence-electron chi connectivity index (χ4n) is 5.59. The van der Waals surface area contributed by atoms with E-state index in [1.165, 1.54) is 11.1 Å². The van der Waals surface area contributed by atoms with Crippen LogP contribution in [0, 0.1) is 0 Å². The molecular formula is C38H49ClN8O2. The van der Waals surface area contributed by atoms with Crippen molar-refractivity contribution in [1.29, 1.82) is 0 Å². The van der Waals surface area contributed by atoms with Gasteiger partial charge in [0.05, 0.1) is 35.9 Å². The second-order valence-corrected chi connectivity index (χ2v) is 14.6. The van der Waals surface area contributed by atoms with E-state index in [0.29, 0.717) is 0 Å². The van der Waals surface area contributed by atoms with Gasteiger partial charge in [0.15, 0.2) is 0 Å². The first-order valence-electron chi connectivity index (χ1n) is 16.8. The first-order valence-corrected chi connectivity index (χ1v) is 17.2. The molecule has 2 amide bonds. The van der Waals surface area contributed by atoms with Crippen LogP contribution in [-0.4, -0.2) is 55.9 Å². The van der Waals surface area contributed by atoms with Crippen molar-refractivity contribution in [3.63, 3.8) is 0 Å². The predicted molar refractivity (Wildman–Crippen MR) is 197 cm³/mol. The van der Waals surface area contributed by atoms with Gasteiger partial charge in [0.2, 0.25) is 11.8 Å². The second-order valence-electron chi connectivity index (χ2n) is 14.2. The molecule has 0 saturated heterocycles. The van der Waals surface area contributed by atoms with Crippen LogP contribution in [0.2, 0.25) is 5.02 Å². The van der Waals surface area contributed by atoms with Gasteiger partial charge in [0, 0.05) is 45.6 Å². The number of anilines is 1. The van der Waals surface area contributed by atoms with Crippen LogP contribution in [0.25, 0.3) is 22.8 Å². The maximum atomic E-state index is 12.1. The van der Waals surface area contributed by atoms with Crippen molar-refractivity contribution in [2.45, 2.75) is 91.1 Å². The van der Waals surface area contributed by atoms with Gasteiger partial charge in [-0.25, -0.2) is 0 Å². The molecule has 4 heterocycles. The second kappa shape index (κ2) is 16.8. The predicted octanol–water partition coefficient (Wildman–Crippen LogP) is 6.10. The summed E-state index contributed by atoms with van der Waals surface area (Å²) in [6, 6.07) is 15.6. The highest BCUT2D eigenvalue weighted by atomic mass is 35.5.